The number of carbonyl (C=O) groups is 1. The molecule has 26 heavy (non-hydrogen) atoms. The van der Waals surface area contributed by atoms with Crippen molar-refractivity contribution >= 4 is 26.7 Å². The molecule has 2 aromatic heterocycles. The summed E-state index contributed by atoms with van der Waals surface area (Å²) in [5, 5.41) is 6.16. The van der Waals surface area contributed by atoms with Gasteiger partial charge in [0, 0.05) is 23.5 Å². The van der Waals surface area contributed by atoms with Gasteiger partial charge >= 0.3 is 0 Å². The van der Waals surface area contributed by atoms with Crippen molar-refractivity contribution in [3.05, 3.63) is 60.3 Å². The van der Waals surface area contributed by atoms with Gasteiger partial charge in [-0.3, -0.25) is 9.78 Å². The summed E-state index contributed by atoms with van der Waals surface area (Å²) in [5.41, 5.74) is 0.214. The van der Waals surface area contributed by atoms with Gasteiger partial charge in [-0.25, -0.2) is 13.6 Å². The van der Waals surface area contributed by atoms with Crippen LogP contribution in [-0.4, -0.2) is 30.8 Å². The second-order valence-electron chi connectivity index (χ2n) is 6.23. The van der Waals surface area contributed by atoms with Crippen LogP contribution in [0.4, 0.5) is 0 Å². The Hall–Kier alpha value is -2.71. The lowest BCUT2D eigenvalue weighted by Crippen LogP contribution is -2.31. The summed E-state index contributed by atoms with van der Waals surface area (Å²) >= 11 is 0. The molecule has 3 aromatic rings. The lowest BCUT2D eigenvalue weighted by molar-refractivity contribution is 0.0716. The van der Waals surface area contributed by atoms with Gasteiger partial charge in [0.15, 0.2) is 0 Å². The summed E-state index contributed by atoms with van der Waals surface area (Å²) in [6, 6.07) is 9.73. The predicted octanol–water partition coefficient (Wildman–Crippen LogP) is 2.45. The molecule has 0 radical (unpaired) electrons. The molecule has 0 bridgehead atoms. The van der Waals surface area contributed by atoms with Gasteiger partial charge in [-0.2, -0.15) is 0 Å². The predicted molar refractivity (Wildman–Crippen MR) is 94.8 cm³/mol. The smallest absolute Gasteiger partial charge is 0.273 e. The molecule has 0 spiro atoms. The van der Waals surface area contributed by atoms with E-state index in [2.05, 4.69) is 4.98 Å². The van der Waals surface area contributed by atoms with Crippen LogP contribution < -0.4 is 5.14 Å². The Morgan fingerprint density at radius 3 is 2.77 bits per heavy atom. The van der Waals surface area contributed by atoms with Crippen LogP contribution in [0.25, 0.3) is 10.8 Å². The number of likely N-dealkylation sites (tertiary alicyclic amines) is 1. The quantitative estimate of drug-likeness (QED) is 0.761. The fraction of sp³-hybridized carbons (Fsp3) is 0.222. The highest BCUT2D eigenvalue weighted by Crippen LogP contribution is 2.34. The number of pyridine rings is 1. The molecule has 1 aromatic carbocycles. The molecule has 1 fully saturated rings. The highest BCUT2D eigenvalue weighted by Gasteiger charge is 2.33. The van der Waals surface area contributed by atoms with E-state index in [0.717, 1.165) is 18.6 Å². The van der Waals surface area contributed by atoms with Gasteiger partial charge in [-0.15, -0.1) is 0 Å². The number of amides is 1. The van der Waals surface area contributed by atoms with E-state index in [1.807, 2.05) is 6.07 Å². The van der Waals surface area contributed by atoms with Crippen LogP contribution in [0.15, 0.2) is 58.2 Å². The first-order valence-corrected chi connectivity index (χ1v) is 9.76. The monoisotopic (exact) mass is 371 g/mol. The Bertz CT molecular complexity index is 1080. The van der Waals surface area contributed by atoms with Crippen LogP contribution in [0.5, 0.6) is 0 Å². The minimum absolute atomic E-state index is 0.0181. The Kier molecular flexibility index (Phi) is 4.01. The molecule has 8 heteroatoms. The van der Waals surface area contributed by atoms with Crippen LogP contribution >= 0.6 is 0 Å². The molecule has 1 saturated heterocycles. The van der Waals surface area contributed by atoms with Gasteiger partial charge in [0.1, 0.15) is 11.5 Å². The topological polar surface area (TPSA) is 106 Å². The molecule has 134 valence electrons. The number of sulfonamides is 1. The molecular weight excluding hydrogens is 354 g/mol. The third kappa shape index (κ3) is 2.77. The number of furan rings is 1. The number of nitrogens with zero attached hydrogens (tertiary/aromatic N) is 2. The number of fused-ring (bicyclic) bond motifs is 1. The van der Waals surface area contributed by atoms with E-state index in [1.165, 1.54) is 12.3 Å². The standard InChI is InChI=1S/C18H17N3O4S/c19-26(23,24)16-7-1-4-13-12(16)8-9-20-17(13)18(22)21-10-2-5-14(21)15-6-3-11-25-15/h1,3-4,6-9,11,14H,2,5,10H2,(H2,19,23,24). The molecule has 1 aliphatic rings. The summed E-state index contributed by atoms with van der Waals surface area (Å²) in [4.78, 5) is 19.1. The van der Waals surface area contributed by atoms with E-state index in [1.54, 1.807) is 35.4 Å². The number of benzene rings is 1. The van der Waals surface area contributed by atoms with Crippen LogP contribution in [-0.2, 0) is 10.0 Å². The van der Waals surface area contributed by atoms with Gasteiger partial charge < -0.3 is 9.32 Å². The van der Waals surface area contributed by atoms with Gasteiger partial charge in [0.05, 0.1) is 17.2 Å². The highest BCUT2D eigenvalue weighted by atomic mass is 32.2. The minimum Gasteiger partial charge on any atom is -0.467 e. The van der Waals surface area contributed by atoms with Crippen molar-refractivity contribution in [2.45, 2.75) is 23.8 Å². The maximum absolute atomic E-state index is 13.2. The summed E-state index contributed by atoms with van der Waals surface area (Å²) in [6.07, 6.45) is 4.70. The number of hydrogen-bond acceptors (Lipinski definition) is 5. The van der Waals surface area contributed by atoms with Crippen LogP contribution in [0, 0.1) is 0 Å². The molecule has 1 aliphatic heterocycles. The summed E-state index contributed by atoms with van der Waals surface area (Å²) in [7, 11) is -3.90. The number of aromatic nitrogens is 1. The summed E-state index contributed by atoms with van der Waals surface area (Å²) in [5.74, 6) is 0.488. The van der Waals surface area contributed by atoms with E-state index in [-0.39, 0.29) is 22.5 Å². The normalized spacial score (nSPS) is 17.7. The third-order valence-electron chi connectivity index (χ3n) is 4.66. The second kappa shape index (κ2) is 6.22. The molecule has 1 amide bonds. The van der Waals surface area contributed by atoms with Crippen LogP contribution in [0.2, 0.25) is 0 Å². The first kappa shape index (κ1) is 16.7. The fourth-order valence-electron chi connectivity index (χ4n) is 3.52. The van der Waals surface area contributed by atoms with Gasteiger partial charge in [0.25, 0.3) is 5.91 Å². The molecule has 4 rings (SSSR count). The zero-order chi connectivity index (χ0) is 18.3. The maximum Gasteiger partial charge on any atom is 0.273 e. The summed E-state index contributed by atoms with van der Waals surface area (Å²) < 4.78 is 29.2. The zero-order valence-electron chi connectivity index (χ0n) is 13.8. The molecule has 1 unspecified atom stereocenters. The van der Waals surface area contributed by atoms with Crippen LogP contribution in [0.3, 0.4) is 0 Å². The van der Waals surface area contributed by atoms with Crippen molar-refractivity contribution < 1.29 is 17.6 Å². The van der Waals surface area contributed by atoms with E-state index < -0.39 is 10.0 Å². The zero-order valence-corrected chi connectivity index (χ0v) is 14.6. The molecule has 0 saturated carbocycles. The Balaban J connectivity index is 1.81. The van der Waals surface area contributed by atoms with Gasteiger partial charge in [-0.1, -0.05) is 12.1 Å². The lowest BCUT2D eigenvalue weighted by atomic mass is 10.1. The van der Waals surface area contributed by atoms with Crippen LogP contribution in [0.1, 0.15) is 35.1 Å². The van der Waals surface area contributed by atoms with E-state index in [4.69, 9.17) is 9.56 Å². The average molecular weight is 371 g/mol. The highest BCUT2D eigenvalue weighted by molar-refractivity contribution is 7.89. The lowest BCUT2D eigenvalue weighted by Gasteiger charge is -2.23. The largest absolute Gasteiger partial charge is 0.467 e. The molecule has 3 heterocycles. The number of nitrogens with two attached hydrogens (primary N) is 1. The average Bonchev–Trinajstić information content (AvgIpc) is 3.30. The summed E-state index contributed by atoms with van der Waals surface area (Å²) in [6.45, 7) is 0.594. The SMILES string of the molecule is NS(=O)(=O)c1cccc2c(C(=O)N3CCCC3c3ccco3)nccc12. The Labute approximate surface area is 150 Å². The van der Waals surface area contributed by atoms with E-state index in [0.29, 0.717) is 17.3 Å². The number of carbonyl (C=O) groups excluding carboxylic acids is 1. The molecule has 1 atom stereocenters. The fourth-order valence-corrected chi connectivity index (χ4v) is 4.27. The Morgan fingerprint density at radius 2 is 2.04 bits per heavy atom. The van der Waals surface area contributed by atoms with Crippen molar-refractivity contribution in [2.75, 3.05) is 6.54 Å². The molecular formula is C18H17N3O4S. The maximum atomic E-state index is 13.2. The number of primary sulfonamides is 1. The molecule has 2 N–H and O–H groups in total. The van der Waals surface area contributed by atoms with E-state index in [9.17, 15) is 13.2 Å². The van der Waals surface area contributed by atoms with Crippen molar-refractivity contribution in [2.24, 2.45) is 5.14 Å². The van der Waals surface area contributed by atoms with Gasteiger partial charge in [0.2, 0.25) is 10.0 Å². The van der Waals surface area contributed by atoms with Crippen molar-refractivity contribution in [1.82, 2.24) is 9.88 Å². The Morgan fingerprint density at radius 1 is 1.19 bits per heavy atom. The third-order valence-corrected chi connectivity index (χ3v) is 5.63. The number of rotatable bonds is 3. The minimum atomic E-state index is -3.90. The van der Waals surface area contributed by atoms with Crippen molar-refractivity contribution in [3.8, 4) is 0 Å². The first-order chi connectivity index (χ1) is 12.5. The van der Waals surface area contributed by atoms with Gasteiger partial charge in [-0.05, 0) is 37.1 Å². The first-order valence-electron chi connectivity index (χ1n) is 8.22. The van der Waals surface area contributed by atoms with Crippen molar-refractivity contribution in [3.63, 3.8) is 0 Å². The second-order valence-corrected chi connectivity index (χ2v) is 7.76. The van der Waals surface area contributed by atoms with E-state index >= 15 is 0 Å². The molecule has 0 aliphatic carbocycles. The molecule has 7 nitrogen and oxygen atoms in total. The van der Waals surface area contributed by atoms with Crippen molar-refractivity contribution in [1.29, 1.82) is 0 Å². The number of hydrogen-bond donors (Lipinski definition) is 1.